The summed E-state index contributed by atoms with van der Waals surface area (Å²) in [7, 11) is 0. The molecule has 7 heteroatoms. The Labute approximate surface area is 141 Å². The summed E-state index contributed by atoms with van der Waals surface area (Å²) in [6.45, 7) is 0.218. The van der Waals surface area contributed by atoms with Crippen LogP contribution in [0.3, 0.4) is 0 Å². The minimum atomic E-state index is -0.437. The topological polar surface area (TPSA) is 84.5 Å². The summed E-state index contributed by atoms with van der Waals surface area (Å²) >= 11 is 1.29. The van der Waals surface area contributed by atoms with Crippen LogP contribution in [0.1, 0.15) is 21.2 Å². The predicted octanol–water partition coefficient (Wildman–Crippen LogP) is 3.02. The Balaban J connectivity index is 1.74. The molecular weight excluding hydrogens is 328 g/mol. The Morgan fingerprint density at radius 2 is 1.92 bits per heavy atom. The van der Waals surface area contributed by atoms with E-state index in [9.17, 15) is 9.59 Å². The van der Waals surface area contributed by atoms with E-state index >= 15 is 0 Å². The van der Waals surface area contributed by atoms with Crippen LogP contribution in [0.4, 0.5) is 0 Å². The lowest BCUT2D eigenvalue weighted by Crippen LogP contribution is -2.34. The van der Waals surface area contributed by atoms with E-state index in [0.29, 0.717) is 16.4 Å². The van der Waals surface area contributed by atoms with Crippen LogP contribution in [-0.4, -0.2) is 11.8 Å². The summed E-state index contributed by atoms with van der Waals surface area (Å²) in [5.74, 6) is 0.290. The van der Waals surface area contributed by atoms with Crippen LogP contribution in [0.2, 0.25) is 0 Å². The van der Waals surface area contributed by atoms with Crippen LogP contribution >= 0.6 is 11.3 Å². The average Bonchev–Trinajstić information content (AvgIpc) is 3.34. The molecule has 3 rings (SSSR count). The summed E-state index contributed by atoms with van der Waals surface area (Å²) in [5, 5.41) is 7.11. The quantitative estimate of drug-likeness (QED) is 0.675. The van der Waals surface area contributed by atoms with Gasteiger partial charge in [-0.25, -0.2) is 0 Å². The number of hydrogen-bond acceptors (Lipinski definition) is 5. The van der Waals surface area contributed by atoms with E-state index in [1.54, 1.807) is 41.8 Å². The van der Waals surface area contributed by atoms with Crippen molar-refractivity contribution in [3.8, 4) is 0 Å². The second-order valence-electron chi connectivity index (χ2n) is 4.77. The predicted molar refractivity (Wildman–Crippen MR) is 89.0 cm³/mol. The Hall–Kier alpha value is -3.06. The lowest BCUT2D eigenvalue weighted by molar-refractivity contribution is -0.118. The van der Waals surface area contributed by atoms with Crippen LogP contribution in [0.5, 0.6) is 0 Å². The first-order valence-corrected chi connectivity index (χ1v) is 8.01. The largest absolute Gasteiger partial charge is 0.467 e. The van der Waals surface area contributed by atoms with Crippen LogP contribution in [0.25, 0.3) is 6.08 Å². The fraction of sp³-hybridized carbons (Fsp3) is 0.0588. The van der Waals surface area contributed by atoms with Crippen LogP contribution in [-0.2, 0) is 11.3 Å². The zero-order valence-corrected chi connectivity index (χ0v) is 13.3. The highest BCUT2D eigenvalue weighted by Gasteiger charge is 2.16. The van der Waals surface area contributed by atoms with Gasteiger partial charge in [0.05, 0.1) is 23.9 Å². The molecule has 0 unspecified atom stereocenters. The number of amides is 2. The molecular formula is C17H14N2O4S. The van der Waals surface area contributed by atoms with Gasteiger partial charge in [-0.2, -0.15) is 0 Å². The summed E-state index contributed by atoms with van der Waals surface area (Å²) < 4.78 is 10.4. The molecule has 24 heavy (non-hydrogen) atoms. The molecule has 0 aliphatic rings. The molecule has 2 amide bonds. The van der Waals surface area contributed by atoms with Gasteiger partial charge >= 0.3 is 0 Å². The van der Waals surface area contributed by atoms with Gasteiger partial charge in [0.25, 0.3) is 11.8 Å². The van der Waals surface area contributed by atoms with E-state index in [2.05, 4.69) is 10.6 Å². The van der Waals surface area contributed by atoms with Crippen molar-refractivity contribution in [2.75, 3.05) is 0 Å². The van der Waals surface area contributed by atoms with Crippen molar-refractivity contribution in [3.05, 3.63) is 76.4 Å². The van der Waals surface area contributed by atoms with Gasteiger partial charge < -0.3 is 19.5 Å². The molecule has 0 aliphatic heterocycles. The third-order valence-electron chi connectivity index (χ3n) is 3.07. The van der Waals surface area contributed by atoms with Gasteiger partial charge in [0, 0.05) is 6.08 Å². The van der Waals surface area contributed by atoms with Crippen LogP contribution in [0.15, 0.2) is 68.8 Å². The highest BCUT2D eigenvalue weighted by atomic mass is 32.1. The SMILES string of the molecule is O=C(NCc1ccco1)/C(=C/c1ccco1)NC(=O)c1cccs1. The maximum Gasteiger partial charge on any atom is 0.268 e. The smallest absolute Gasteiger partial charge is 0.268 e. The van der Waals surface area contributed by atoms with Crippen molar-refractivity contribution >= 4 is 29.2 Å². The van der Waals surface area contributed by atoms with Crippen molar-refractivity contribution < 1.29 is 18.4 Å². The number of rotatable bonds is 6. The van der Waals surface area contributed by atoms with Gasteiger partial charge in [0.1, 0.15) is 17.2 Å². The van der Waals surface area contributed by atoms with Crippen molar-refractivity contribution in [3.63, 3.8) is 0 Å². The third kappa shape index (κ3) is 4.02. The molecule has 0 aliphatic carbocycles. The number of furan rings is 2. The fourth-order valence-electron chi connectivity index (χ4n) is 1.94. The summed E-state index contributed by atoms with van der Waals surface area (Å²) in [4.78, 5) is 25.1. The first-order valence-electron chi connectivity index (χ1n) is 7.13. The highest BCUT2D eigenvalue weighted by Crippen LogP contribution is 2.11. The van der Waals surface area contributed by atoms with Gasteiger partial charge in [0.15, 0.2) is 0 Å². The fourth-order valence-corrected chi connectivity index (χ4v) is 2.56. The van der Waals surface area contributed by atoms with Crippen molar-refractivity contribution in [2.24, 2.45) is 0 Å². The molecule has 0 saturated heterocycles. The van der Waals surface area contributed by atoms with Crippen LogP contribution in [0, 0.1) is 0 Å². The number of thiophene rings is 1. The molecule has 3 aromatic heterocycles. The number of nitrogens with one attached hydrogen (secondary N) is 2. The lowest BCUT2D eigenvalue weighted by Gasteiger charge is -2.09. The van der Waals surface area contributed by atoms with E-state index in [-0.39, 0.29) is 18.1 Å². The van der Waals surface area contributed by atoms with Gasteiger partial charge in [-0.1, -0.05) is 6.07 Å². The summed E-state index contributed by atoms with van der Waals surface area (Å²) in [5.41, 5.74) is 0.0925. The van der Waals surface area contributed by atoms with Crippen LogP contribution < -0.4 is 10.6 Å². The minimum absolute atomic E-state index is 0.0925. The maximum atomic E-state index is 12.4. The third-order valence-corrected chi connectivity index (χ3v) is 3.94. The second kappa shape index (κ2) is 7.47. The standard InChI is InChI=1S/C17H14N2O4S/c20-16(18-11-13-5-2-8-23-13)14(10-12-4-1-7-22-12)19-17(21)15-6-3-9-24-15/h1-10H,11H2,(H,18,20)(H,19,21)/b14-10-. The molecule has 122 valence electrons. The van der Waals surface area contributed by atoms with E-state index in [1.807, 2.05) is 0 Å². The normalized spacial score (nSPS) is 11.2. The van der Waals surface area contributed by atoms with E-state index in [1.165, 1.54) is 29.9 Å². The van der Waals surface area contributed by atoms with Gasteiger partial charge in [0.2, 0.25) is 0 Å². The molecule has 6 nitrogen and oxygen atoms in total. The Kier molecular flexibility index (Phi) is 4.93. The molecule has 0 aromatic carbocycles. The lowest BCUT2D eigenvalue weighted by atomic mass is 10.3. The van der Waals surface area contributed by atoms with Crippen molar-refractivity contribution in [1.82, 2.24) is 10.6 Å². The average molecular weight is 342 g/mol. The van der Waals surface area contributed by atoms with E-state index in [0.717, 1.165) is 0 Å². The Morgan fingerprint density at radius 1 is 1.08 bits per heavy atom. The molecule has 3 heterocycles. The molecule has 0 saturated carbocycles. The molecule has 0 fully saturated rings. The highest BCUT2D eigenvalue weighted by molar-refractivity contribution is 7.12. The monoisotopic (exact) mass is 342 g/mol. The molecule has 2 N–H and O–H groups in total. The van der Waals surface area contributed by atoms with Gasteiger partial charge in [-0.15, -0.1) is 11.3 Å². The second-order valence-corrected chi connectivity index (χ2v) is 5.71. The number of carbonyl (C=O) groups is 2. The zero-order valence-electron chi connectivity index (χ0n) is 12.5. The zero-order chi connectivity index (χ0) is 16.8. The minimum Gasteiger partial charge on any atom is -0.467 e. The Morgan fingerprint density at radius 3 is 2.58 bits per heavy atom. The van der Waals surface area contributed by atoms with Crippen molar-refractivity contribution in [1.29, 1.82) is 0 Å². The summed E-state index contributed by atoms with van der Waals surface area (Å²) in [6, 6.07) is 10.3. The maximum absolute atomic E-state index is 12.4. The molecule has 0 spiro atoms. The first-order chi connectivity index (χ1) is 11.7. The van der Waals surface area contributed by atoms with Gasteiger partial charge in [-0.05, 0) is 35.7 Å². The van der Waals surface area contributed by atoms with Crippen molar-refractivity contribution in [2.45, 2.75) is 6.54 Å². The number of carbonyl (C=O) groups excluding carboxylic acids is 2. The first kappa shape index (κ1) is 15.8. The summed E-state index contributed by atoms with van der Waals surface area (Å²) in [6.07, 6.45) is 4.49. The van der Waals surface area contributed by atoms with Gasteiger partial charge in [-0.3, -0.25) is 9.59 Å². The molecule has 0 atom stereocenters. The number of hydrogen-bond donors (Lipinski definition) is 2. The molecule has 0 radical (unpaired) electrons. The molecule has 0 bridgehead atoms. The molecule has 3 aromatic rings. The van der Waals surface area contributed by atoms with E-state index in [4.69, 9.17) is 8.83 Å². The van der Waals surface area contributed by atoms with E-state index < -0.39 is 5.91 Å². The Bertz CT molecular complexity index is 818.